The van der Waals surface area contributed by atoms with E-state index < -0.39 is 0 Å². The highest BCUT2D eigenvalue weighted by molar-refractivity contribution is 5.12. The average Bonchev–Trinajstić information content (AvgIpc) is 2.58. The molecule has 1 atom stereocenters. The van der Waals surface area contributed by atoms with Gasteiger partial charge in [0.2, 0.25) is 0 Å². The Balaban J connectivity index is 4.29. The van der Waals surface area contributed by atoms with Crippen molar-refractivity contribution in [3.8, 4) is 0 Å². The van der Waals surface area contributed by atoms with Crippen LogP contribution in [0.15, 0.2) is 36.5 Å². The number of hydrogen-bond donors (Lipinski definition) is 0. The van der Waals surface area contributed by atoms with E-state index in [4.69, 9.17) is 4.74 Å². The van der Waals surface area contributed by atoms with Crippen LogP contribution >= 0.6 is 0 Å². The highest BCUT2D eigenvalue weighted by Crippen LogP contribution is 2.08. The van der Waals surface area contributed by atoms with Crippen LogP contribution in [0.25, 0.3) is 0 Å². The number of ether oxygens (including phenoxy) is 1. The van der Waals surface area contributed by atoms with Gasteiger partial charge in [-0.25, -0.2) is 0 Å². The van der Waals surface area contributed by atoms with Crippen LogP contribution < -0.4 is 0 Å². The SMILES string of the molecule is C=CC(=C)CC/C=C(/C)COC(C)CN(CCCN(C)C)CCCN(C)C. The van der Waals surface area contributed by atoms with E-state index >= 15 is 0 Å². The average molecular weight is 380 g/mol. The predicted octanol–water partition coefficient (Wildman–Crippen LogP) is 4.07. The van der Waals surface area contributed by atoms with Crippen molar-refractivity contribution < 1.29 is 4.74 Å². The van der Waals surface area contributed by atoms with Gasteiger partial charge in [0.05, 0.1) is 12.7 Å². The topological polar surface area (TPSA) is 19.0 Å². The van der Waals surface area contributed by atoms with Crippen molar-refractivity contribution >= 4 is 0 Å². The Morgan fingerprint density at radius 3 is 2.04 bits per heavy atom. The maximum atomic E-state index is 6.10. The van der Waals surface area contributed by atoms with E-state index in [1.165, 1.54) is 18.4 Å². The molecule has 0 aromatic rings. The van der Waals surface area contributed by atoms with Crippen LogP contribution in [0.1, 0.15) is 39.5 Å². The van der Waals surface area contributed by atoms with Crippen LogP contribution in [0.4, 0.5) is 0 Å². The monoisotopic (exact) mass is 379 g/mol. The zero-order valence-corrected chi connectivity index (χ0v) is 19.0. The summed E-state index contributed by atoms with van der Waals surface area (Å²) in [6, 6.07) is 0. The van der Waals surface area contributed by atoms with E-state index in [-0.39, 0.29) is 6.10 Å². The lowest BCUT2D eigenvalue weighted by Gasteiger charge is -2.27. The molecule has 0 radical (unpaired) electrons. The maximum Gasteiger partial charge on any atom is 0.0678 e. The van der Waals surface area contributed by atoms with Crippen LogP contribution in [0.3, 0.4) is 0 Å². The van der Waals surface area contributed by atoms with Crippen molar-refractivity contribution in [2.75, 3.05) is 67.5 Å². The van der Waals surface area contributed by atoms with Gasteiger partial charge in [-0.2, -0.15) is 0 Å². The third-order valence-corrected chi connectivity index (χ3v) is 4.52. The van der Waals surface area contributed by atoms with Crippen molar-refractivity contribution in [1.29, 1.82) is 0 Å². The second-order valence-corrected chi connectivity index (χ2v) is 8.19. The maximum absolute atomic E-state index is 6.10. The standard InChI is InChI=1S/C23H45N3O/c1-9-21(2)13-10-14-22(3)20-27-23(4)19-26(17-11-15-24(5)6)18-12-16-25(7)8/h9,14,23H,1-2,10-13,15-20H2,3-8H3/b22-14-. The van der Waals surface area contributed by atoms with Crippen LogP contribution in [0, 0.1) is 0 Å². The normalized spacial score (nSPS) is 13.6. The number of rotatable bonds is 17. The molecule has 0 aromatic heterocycles. The van der Waals surface area contributed by atoms with Gasteiger partial charge in [0.15, 0.2) is 0 Å². The Labute approximate surface area is 169 Å². The highest BCUT2D eigenvalue weighted by atomic mass is 16.5. The molecule has 0 saturated carbocycles. The lowest BCUT2D eigenvalue weighted by Crippen LogP contribution is -2.36. The quantitative estimate of drug-likeness (QED) is 0.280. The Kier molecular flexibility index (Phi) is 15.5. The molecular formula is C23H45N3O. The third kappa shape index (κ3) is 16.9. The third-order valence-electron chi connectivity index (χ3n) is 4.52. The zero-order valence-electron chi connectivity index (χ0n) is 19.0. The fourth-order valence-corrected chi connectivity index (χ4v) is 2.87. The van der Waals surface area contributed by atoms with Crippen molar-refractivity contribution in [2.24, 2.45) is 0 Å². The molecule has 4 heteroatoms. The molecular weight excluding hydrogens is 334 g/mol. The first kappa shape index (κ1) is 26.1. The molecule has 0 fully saturated rings. The summed E-state index contributed by atoms with van der Waals surface area (Å²) in [6.45, 7) is 18.3. The van der Waals surface area contributed by atoms with Crippen molar-refractivity contribution in [2.45, 2.75) is 45.6 Å². The van der Waals surface area contributed by atoms with Crippen LogP contribution in [0.2, 0.25) is 0 Å². The highest BCUT2D eigenvalue weighted by Gasteiger charge is 2.11. The smallest absolute Gasteiger partial charge is 0.0678 e. The summed E-state index contributed by atoms with van der Waals surface area (Å²) in [4.78, 5) is 7.07. The number of allylic oxidation sites excluding steroid dienone is 3. The molecule has 0 amide bonds. The summed E-state index contributed by atoms with van der Waals surface area (Å²) in [5, 5.41) is 0. The largest absolute Gasteiger partial charge is 0.373 e. The molecule has 0 aliphatic rings. The molecule has 0 bridgehead atoms. The Morgan fingerprint density at radius 2 is 1.56 bits per heavy atom. The molecule has 0 saturated heterocycles. The molecule has 0 rings (SSSR count). The van der Waals surface area contributed by atoms with Gasteiger partial charge in [0, 0.05) is 6.54 Å². The molecule has 0 aliphatic heterocycles. The number of nitrogens with zero attached hydrogens (tertiary/aromatic N) is 3. The summed E-state index contributed by atoms with van der Waals surface area (Å²) in [7, 11) is 8.56. The first-order valence-corrected chi connectivity index (χ1v) is 10.3. The lowest BCUT2D eigenvalue weighted by atomic mass is 10.1. The fourth-order valence-electron chi connectivity index (χ4n) is 2.87. The zero-order chi connectivity index (χ0) is 20.7. The van der Waals surface area contributed by atoms with E-state index in [9.17, 15) is 0 Å². The molecule has 0 heterocycles. The first-order chi connectivity index (χ1) is 12.7. The van der Waals surface area contributed by atoms with E-state index in [2.05, 4.69) is 76.0 Å². The van der Waals surface area contributed by atoms with Gasteiger partial charge in [-0.3, -0.25) is 0 Å². The van der Waals surface area contributed by atoms with Crippen molar-refractivity contribution in [3.63, 3.8) is 0 Å². The minimum Gasteiger partial charge on any atom is -0.373 e. The summed E-state index contributed by atoms with van der Waals surface area (Å²) in [5.41, 5.74) is 2.39. The Bertz CT molecular complexity index is 415. The minimum absolute atomic E-state index is 0.246. The second-order valence-electron chi connectivity index (χ2n) is 8.19. The van der Waals surface area contributed by atoms with Gasteiger partial charge < -0.3 is 19.4 Å². The van der Waals surface area contributed by atoms with Gasteiger partial charge in [-0.15, -0.1) is 0 Å². The Morgan fingerprint density at radius 1 is 1.00 bits per heavy atom. The molecule has 0 aliphatic carbocycles. The minimum atomic E-state index is 0.246. The van der Waals surface area contributed by atoms with Gasteiger partial charge in [-0.05, 0) is 93.9 Å². The molecule has 1 unspecified atom stereocenters. The Hall–Kier alpha value is -0.940. The van der Waals surface area contributed by atoms with Crippen LogP contribution in [0.5, 0.6) is 0 Å². The van der Waals surface area contributed by atoms with Crippen LogP contribution in [-0.4, -0.2) is 88.3 Å². The van der Waals surface area contributed by atoms with E-state index in [1.54, 1.807) is 0 Å². The lowest BCUT2D eigenvalue weighted by molar-refractivity contribution is 0.0494. The molecule has 0 spiro atoms. The van der Waals surface area contributed by atoms with Crippen molar-refractivity contribution in [1.82, 2.24) is 14.7 Å². The molecule has 0 N–H and O–H groups in total. The molecule has 158 valence electrons. The van der Waals surface area contributed by atoms with E-state index in [0.717, 1.165) is 51.1 Å². The summed E-state index contributed by atoms with van der Waals surface area (Å²) in [6.07, 6.45) is 8.73. The predicted molar refractivity (Wildman–Crippen MR) is 121 cm³/mol. The molecule has 27 heavy (non-hydrogen) atoms. The van der Waals surface area contributed by atoms with Gasteiger partial charge >= 0.3 is 0 Å². The molecule has 0 aromatic carbocycles. The van der Waals surface area contributed by atoms with Gasteiger partial charge in [0.25, 0.3) is 0 Å². The fraction of sp³-hybridized carbons (Fsp3) is 0.739. The molecule has 4 nitrogen and oxygen atoms in total. The van der Waals surface area contributed by atoms with Gasteiger partial charge in [0.1, 0.15) is 0 Å². The van der Waals surface area contributed by atoms with E-state index in [0.29, 0.717) is 6.61 Å². The van der Waals surface area contributed by atoms with E-state index in [1.807, 2.05) is 6.08 Å². The van der Waals surface area contributed by atoms with Crippen molar-refractivity contribution in [3.05, 3.63) is 36.5 Å². The summed E-state index contributed by atoms with van der Waals surface area (Å²) < 4.78 is 6.10. The van der Waals surface area contributed by atoms with Gasteiger partial charge in [-0.1, -0.05) is 36.5 Å². The number of hydrogen-bond acceptors (Lipinski definition) is 4. The summed E-state index contributed by atoms with van der Waals surface area (Å²) >= 11 is 0. The second kappa shape index (κ2) is 16.1. The van der Waals surface area contributed by atoms with Crippen LogP contribution in [-0.2, 0) is 4.74 Å². The summed E-state index contributed by atoms with van der Waals surface area (Å²) in [5.74, 6) is 0. The first-order valence-electron chi connectivity index (χ1n) is 10.3.